The zero-order valence-electron chi connectivity index (χ0n) is 6.56. The Morgan fingerprint density at radius 2 is 1.90 bits per heavy atom. The molecule has 0 aliphatic rings. The van der Waals surface area contributed by atoms with Crippen LogP contribution in [0.25, 0.3) is 0 Å². The molecular weight excluding hydrogens is 138 g/mol. The Morgan fingerprint density at radius 3 is 2.00 bits per heavy atom. The monoisotopic (exact) mass is 152 g/mol. The molecular formula is C6H14F2N2. The highest BCUT2D eigenvalue weighted by Gasteiger charge is 2.17. The second-order valence-electron chi connectivity index (χ2n) is 2.49. The van der Waals surface area contributed by atoms with Crippen LogP contribution in [-0.2, 0) is 0 Å². The molecule has 0 aromatic heterocycles. The maximum Gasteiger partial charge on any atom is 0.254 e. The Balaban J connectivity index is 3.60. The number of nitrogens with one attached hydrogen (secondary N) is 1. The Bertz CT molecular complexity index is 85.8. The Labute approximate surface area is 60.2 Å². The summed E-state index contributed by atoms with van der Waals surface area (Å²) in [6.45, 7) is 0.369. The van der Waals surface area contributed by atoms with Gasteiger partial charge in [0.15, 0.2) is 0 Å². The van der Waals surface area contributed by atoms with Crippen LogP contribution in [0.1, 0.15) is 0 Å². The van der Waals surface area contributed by atoms with Gasteiger partial charge in [0.05, 0.1) is 6.04 Å². The third kappa shape index (κ3) is 3.74. The molecule has 1 N–H and O–H groups in total. The molecule has 10 heavy (non-hydrogen) atoms. The van der Waals surface area contributed by atoms with Crippen LogP contribution in [0.4, 0.5) is 8.78 Å². The van der Waals surface area contributed by atoms with Crippen LogP contribution in [0.15, 0.2) is 0 Å². The quantitative estimate of drug-likeness (QED) is 0.627. The number of halogens is 2. The predicted molar refractivity (Wildman–Crippen MR) is 37.4 cm³/mol. The van der Waals surface area contributed by atoms with E-state index in [1.54, 1.807) is 26.0 Å². The van der Waals surface area contributed by atoms with Crippen molar-refractivity contribution in [2.75, 3.05) is 27.7 Å². The van der Waals surface area contributed by atoms with Gasteiger partial charge in [0.2, 0.25) is 0 Å². The van der Waals surface area contributed by atoms with E-state index < -0.39 is 12.5 Å². The third-order valence-electron chi connectivity index (χ3n) is 1.24. The average molecular weight is 152 g/mol. The van der Waals surface area contributed by atoms with E-state index in [4.69, 9.17) is 0 Å². The first-order valence-corrected chi connectivity index (χ1v) is 3.18. The lowest BCUT2D eigenvalue weighted by atomic mass is 10.3. The van der Waals surface area contributed by atoms with Crippen LogP contribution in [0.5, 0.6) is 0 Å². The minimum Gasteiger partial charge on any atom is -0.311 e. The summed E-state index contributed by atoms with van der Waals surface area (Å²) in [5, 5.41) is 2.54. The molecule has 0 aromatic rings. The van der Waals surface area contributed by atoms with Crippen LogP contribution in [-0.4, -0.2) is 45.1 Å². The molecule has 0 spiro atoms. The molecule has 0 fully saturated rings. The minimum atomic E-state index is -2.28. The van der Waals surface area contributed by atoms with E-state index in [1.165, 1.54) is 0 Å². The molecule has 4 heteroatoms. The summed E-state index contributed by atoms with van der Waals surface area (Å²) in [4.78, 5) is 1.73. The van der Waals surface area contributed by atoms with Crippen LogP contribution in [0.3, 0.4) is 0 Å². The van der Waals surface area contributed by atoms with Crippen LogP contribution in [0.2, 0.25) is 0 Å². The number of nitrogens with zero attached hydrogens (tertiary/aromatic N) is 1. The molecule has 0 saturated carbocycles. The SMILES string of the molecule is CNC(CN(C)C)C(F)F. The summed E-state index contributed by atoms with van der Waals surface area (Å²) in [6.07, 6.45) is -2.28. The van der Waals surface area contributed by atoms with Crippen molar-refractivity contribution < 1.29 is 8.78 Å². The maximum atomic E-state index is 12.0. The second kappa shape index (κ2) is 4.57. The number of likely N-dealkylation sites (N-methyl/N-ethyl adjacent to an activating group) is 2. The van der Waals surface area contributed by atoms with Gasteiger partial charge in [-0.15, -0.1) is 0 Å². The normalized spacial score (nSPS) is 14.7. The van der Waals surface area contributed by atoms with Gasteiger partial charge in [-0.25, -0.2) is 8.78 Å². The van der Waals surface area contributed by atoms with E-state index in [0.717, 1.165) is 0 Å². The summed E-state index contributed by atoms with van der Waals surface area (Å²) in [7, 11) is 5.08. The van der Waals surface area contributed by atoms with Gasteiger partial charge in [-0.3, -0.25) is 0 Å². The van der Waals surface area contributed by atoms with Crippen molar-refractivity contribution in [1.82, 2.24) is 10.2 Å². The highest BCUT2D eigenvalue weighted by molar-refractivity contribution is 4.69. The summed E-state index contributed by atoms with van der Waals surface area (Å²) in [5.41, 5.74) is 0. The first-order chi connectivity index (χ1) is 4.57. The Kier molecular flexibility index (Phi) is 4.47. The maximum absolute atomic E-state index is 12.0. The van der Waals surface area contributed by atoms with Gasteiger partial charge in [-0.05, 0) is 21.1 Å². The van der Waals surface area contributed by atoms with Crippen molar-refractivity contribution in [2.45, 2.75) is 12.5 Å². The molecule has 1 atom stereocenters. The van der Waals surface area contributed by atoms with Gasteiger partial charge < -0.3 is 10.2 Å². The second-order valence-corrected chi connectivity index (χ2v) is 2.49. The van der Waals surface area contributed by atoms with Gasteiger partial charge >= 0.3 is 0 Å². The van der Waals surface area contributed by atoms with Crippen molar-refractivity contribution in [1.29, 1.82) is 0 Å². The fourth-order valence-corrected chi connectivity index (χ4v) is 0.690. The predicted octanol–water partition coefficient (Wildman–Crippen LogP) is 0.401. The standard InChI is InChI=1S/C6H14F2N2/c1-9-5(6(7)8)4-10(2)3/h5-6,9H,4H2,1-3H3. The van der Waals surface area contributed by atoms with Crippen LogP contribution < -0.4 is 5.32 Å². The van der Waals surface area contributed by atoms with Crippen LogP contribution in [0, 0.1) is 0 Å². The topological polar surface area (TPSA) is 15.3 Å². The van der Waals surface area contributed by atoms with Crippen molar-refractivity contribution in [3.05, 3.63) is 0 Å². The van der Waals surface area contributed by atoms with E-state index >= 15 is 0 Å². The first kappa shape index (κ1) is 9.78. The molecule has 62 valence electrons. The molecule has 0 aliphatic heterocycles. The van der Waals surface area contributed by atoms with Gasteiger partial charge in [0.1, 0.15) is 0 Å². The molecule has 1 unspecified atom stereocenters. The molecule has 0 aliphatic carbocycles. The van der Waals surface area contributed by atoms with Crippen molar-refractivity contribution in [2.24, 2.45) is 0 Å². The fraction of sp³-hybridized carbons (Fsp3) is 1.00. The van der Waals surface area contributed by atoms with E-state index in [2.05, 4.69) is 5.32 Å². The summed E-state index contributed by atoms with van der Waals surface area (Å²) in [6, 6.07) is -0.713. The lowest BCUT2D eigenvalue weighted by molar-refractivity contribution is 0.0881. The molecule has 0 amide bonds. The van der Waals surface area contributed by atoms with Crippen molar-refractivity contribution in [3.8, 4) is 0 Å². The van der Waals surface area contributed by atoms with Gasteiger partial charge in [0, 0.05) is 6.54 Å². The summed E-state index contributed by atoms with van der Waals surface area (Å²) < 4.78 is 23.9. The zero-order chi connectivity index (χ0) is 8.15. The number of alkyl halides is 2. The number of hydrogen-bond donors (Lipinski definition) is 1. The minimum absolute atomic E-state index is 0.369. The highest BCUT2D eigenvalue weighted by atomic mass is 19.3. The number of hydrogen-bond acceptors (Lipinski definition) is 2. The number of rotatable bonds is 4. The highest BCUT2D eigenvalue weighted by Crippen LogP contribution is 2.00. The molecule has 2 nitrogen and oxygen atoms in total. The molecule has 0 aromatic carbocycles. The van der Waals surface area contributed by atoms with Gasteiger partial charge in [-0.1, -0.05) is 0 Å². The van der Waals surface area contributed by atoms with Crippen molar-refractivity contribution in [3.63, 3.8) is 0 Å². The largest absolute Gasteiger partial charge is 0.311 e. The smallest absolute Gasteiger partial charge is 0.254 e. The van der Waals surface area contributed by atoms with E-state index in [0.29, 0.717) is 6.54 Å². The zero-order valence-corrected chi connectivity index (χ0v) is 6.56. The van der Waals surface area contributed by atoms with E-state index in [9.17, 15) is 8.78 Å². The van der Waals surface area contributed by atoms with Gasteiger partial charge in [-0.2, -0.15) is 0 Å². The molecule has 0 bridgehead atoms. The van der Waals surface area contributed by atoms with E-state index in [-0.39, 0.29) is 0 Å². The third-order valence-corrected chi connectivity index (χ3v) is 1.24. The average Bonchev–Trinajstić information content (AvgIpc) is 1.81. The molecule has 0 rings (SSSR count). The molecule has 0 heterocycles. The van der Waals surface area contributed by atoms with Gasteiger partial charge in [0.25, 0.3) is 6.43 Å². The fourth-order valence-electron chi connectivity index (χ4n) is 0.690. The summed E-state index contributed by atoms with van der Waals surface area (Å²) in [5.74, 6) is 0. The Hall–Kier alpha value is -0.220. The van der Waals surface area contributed by atoms with Crippen LogP contribution >= 0.6 is 0 Å². The first-order valence-electron chi connectivity index (χ1n) is 3.18. The van der Waals surface area contributed by atoms with Crippen molar-refractivity contribution >= 4 is 0 Å². The molecule has 0 radical (unpaired) electrons. The Morgan fingerprint density at radius 1 is 1.40 bits per heavy atom. The van der Waals surface area contributed by atoms with E-state index in [1.807, 2.05) is 0 Å². The summed E-state index contributed by atoms with van der Waals surface area (Å²) >= 11 is 0. The molecule has 0 saturated heterocycles. The lowest BCUT2D eigenvalue weighted by Gasteiger charge is -2.19. The lowest BCUT2D eigenvalue weighted by Crippen LogP contribution is -2.41.